The molecule has 0 amide bonds. The Morgan fingerprint density at radius 2 is 2.21 bits per heavy atom. The standard InChI is InChI=1S/C15H18N2O2/c1-3-14-16-12-8-10(15(18)19)4-5-13(12)17(14)11-6-9(2)7-11/h4-5,8-9,11H,3,6-7H2,1-2H3,(H,18,19). The van der Waals surface area contributed by atoms with E-state index in [-0.39, 0.29) is 0 Å². The van der Waals surface area contributed by atoms with Crippen molar-refractivity contribution in [2.24, 2.45) is 5.92 Å². The predicted molar refractivity (Wildman–Crippen MR) is 73.5 cm³/mol. The quantitative estimate of drug-likeness (QED) is 0.919. The molecule has 0 radical (unpaired) electrons. The van der Waals surface area contributed by atoms with Crippen LogP contribution in [0.4, 0.5) is 0 Å². The number of carbonyl (C=O) groups is 1. The van der Waals surface area contributed by atoms with Crippen molar-refractivity contribution in [2.45, 2.75) is 39.2 Å². The number of benzene rings is 1. The van der Waals surface area contributed by atoms with Gasteiger partial charge in [0.05, 0.1) is 16.6 Å². The molecule has 0 unspecified atom stereocenters. The highest BCUT2D eigenvalue weighted by Crippen LogP contribution is 2.40. The maximum Gasteiger partial charge on any atom is 0.335 e. The van der Waals surface area contributed by atoms with Gasteiger partial charge in [0.1, 0.15) is 5.82 Å². The number of aromatic nitrogens is 2. The number of fused-ring (bicyclic) bond motifs is 1. The number of carboxylic acid groups (broad SMARTS) is 1. The van der Waals surface area contributed by atoms with Crippen molar-refractivity contribution in [1.29, 1.82) is 0 Å². The zero-order chi connectivity index (χ0) is 13.6. The highest BCUT2D eigenvalue weighted by Gasteiger charge is 2.29. The Morgan fingerprint density at radius 3 is 2.79 bits per heavy atom. The number of carboxylic acids is 1. The Bertz CT molecular complexity index is 639. The lowest BCUT2D eigenvalue weighted by Crippen LogP contribution is -2.25. The topological polar surface area (TPSA) is 55.1 Å². The summed E-state index contributed by atoms with van der Waals surface area (Å²) in [6.07, 6.45) is 3.26. The number of hydrogen-bond acceptors (Lipinski definition) is 2. The van der Waals surface area contributed by atoms with Crippen molar-refractivity contribution >= 4 is 17.0 Å². The van der Waals surface area contributed by atoms with Gasteiger partial charge in [-0.25, -0.2) is 9.78 Å². The Hall–Kier alpha value is -1.84. The molecular weight excluding hydrogens is 240 g/mol. The number of nitrogens with zero attached hydrogens (tertiary/aromatic N) is 2. The van der Waals surface area contributed by atoms with E-state index in [1.807, 2.05) is 6.07 Å². The molecule has 1 fully saturated rings. The first kappa shape index (κ1) is 12.2. The smallest absolute Gasteiger partial charge is 0.335 e. The van der Waals surface area contributed by atoms with Crippen LogP contribution in [0.3, 0.4) is 0 Å². The molecule has 0 aliphatic heterocycles. The van der Waals surface area contributed by atoms with Gasteiger partial charge in [0.25, 0.3) is 0 Å². The van der Waals surface area contributed by atoms with E-state index in [4.69, 9.17) is 5.11 Å². The predicted octanol–water partition coefficient (Wildman–Crippen LogP) is 3.27. The molecular formula is C15H18N2O2. The Morgan fingerprint density at radius 1 is 1.47 bits per heavy atom. The zero-order valence-electron chi connectivity index (χ0n) is 11.3. The zero-order valence-corrected chi connectivity index (χ0v) is 11.3. The molecule has 1 aliphatic rings. The molecule has 1 aromatic carbocycles. The summed E-state index contributed by atoms with van der Waals surface area (Å²) in [5.74, 6) is 0.951. The van der Waals surface area contributed by atoms with Crippen LogP contribution in [0.25, 0.3) is 11.0 Å². The van der Waals surface area contributed by atoms with Gasteiger partial charge < -0.3 is 9.67 Å². The Balaban J connectivity index is 2.12. The average molecular weight is 258 g/mol. The normalized spacial score (nSPS) is 22.4. The number of aromatic carboxylic acids is 1. The van der Waals surface area contributed by atoms with Crippen molar-refractivity contribution in [2.75, 3.05) is 0 Å². The van der Waals surface area contributed by atoms with Crippen LogP contribution in [0.2, 0.25) is 0 Å². The van der Waals surface area contributed by atoms with E-state index in [1.54, 1.807) is 12.1 Å². The Kier molecular flexibility index (Phi) is 2.81. The van der Waals surface area contributed by atoms with Crippen molar-refractivity contribution in [3.8, 4) is 0 Å². The van der Waals surface area contributed by atoms with Crippen molar-refractivity contribution in [3.63, 3.8) is 0 Å². The van der Waals surface area contributed by atoms with E-state index < -0.39 is 5.97 Å². The fourth-order valence-electron chi connectivity index (χ4n) is 3.01. The van der Waals surface area contributed by atoms with E-state index in [0.29, 0.717) is 11.6 Å². The minimum Gasteiger partial charge on any atom is -0.478 e. The molecule has 1 aromatic heterocycles. The SMILES string of the molecule is CCc1nc2cc(C(=O)O)ccc2n1C1CC(C)C1. The first-order valence-corrected chi connectivity index (χ1v) is 6.84. The molecule has 0 bridgehead atoms. The van der Waals surface area contributed by atoms with Gasteiger partial charge in [0.15, 0.2) is 0 Å². The lowest BCUT2D eigenvalue weighted by Gasteiger charge is -2.35. The van der Waals surface area contributed by atoms with Crippen molar-refractivity contribution in [1.82, 2.24) is 9.55 Å². The van der Waals surface area contributed by atoms with Crippen LogP contribution in [0.5, 0.6) is 0 Å². The summed E-state index contributed by atoms with van der Waals surface area (Å²) in [7, 11) is 0. The lowest BCUT2D eigenvalue weighted by molar-refractivity contribution is 0.0697. The molecule has 1 heterocycles. The third kappa shape index (κ3) is 1.91. The third-order valence-electron chi connectivity index (χ3n) is 4.04. The average Bonchev–Trinajstić information content (AvgIpc) is 2.72. The van der Waals surface area contributed by atoms with Crippen LogP contribution in [0.15, 0.2) is 18.2 Å². The van der Waals surface area contributed by atoms with E-state index >= 15 is 0 Å². The number of rotatable bonds is 3. The molecule has 100 valence electrons. The summed E-state index contributed by atoms with van der Waals surface area (Å²) in [4.78, 5) is 15.6. The maximum absolute atomic E-state index is 11.0. The van der Waals surface area contributed by atoms with Crippen molar-refractivity contribution in [3.05, 3.63) is 29.6 Å². The highest BCUT2D eigenvalue weighted by atomic mass is 16.4. The van der Waals surface area contributed by atoms with Gasteiger partial charge in [-0.1, -0.05) is 13.8 Å². The van der Waals surface area contributed by atoms with Gasteiger partial charge in [-0.2, -0.15) is 0 Å². The first-order valence-electron chi connectivity index (χ1n) is 6.84. The van der Waals surface area contributed by atoms with E-state index in [9.17, 15) is 4.79 Å². The van der Waals surface area contributed by atoms with Crippen LogP contribution >= 0.6 is 0 Å². The largest absolute Gasteiger partial charge is 0.478 e. The molecule has 3 rings (SSSR count). The summed E-state index contributed by atoms with van der Waals surface area (Å²) in [6.45, 7) is 4.36. The van der Waals surface area contributed by atoms with Gasteiger partial charge in [-0.15, -0.1) is 0 Å². The number of aryl methyl sites for hydroxylation is 1. The second-order valence-electron chi connectivity index (χ2n) is 5.49. The molecule has 1 N–H and O–H groups in total. The minimum absolute atomic E-state index is 0.307. The van der Waals surface area contributed by atoms with Crippen LogP contribution < -0.4 is 0 Å². The minimum atomic E-state index is -0.897. The molecule has 1 aliphatic carbocycles. The molecule has 0 spiro atoms. The second-order valence-corrected chi connectivity index (χ2v) is 5.49. The summed E-state index contributed by atoms with van der Waals surface area (Å²) in [6, 6.07) is 5.78. The van der Waals surface area contributed by atoms with Crippen LogP contribution in [-0.2, 0) is 6.42 Å². The van der Waals surface area contributed by atoms with Crippen LogP contribution in [0, 0.1) is 5.92 Å². The molecule has 4 nitrogen and oxygen atoms in total. The van der Waals surface area contributed by atoms with Gasteiger partial charge in [-0.05, 0) is 37.0 Å². The summed E-state index contributed by atoms with van der Waals surface area (Å²) < 4.78 is 2.31. The van der Waals surface area contributed by atoms with E-state index in [0.717, 1.165) is 29.2 Å². The third-order valence-corrected chi connectivity index (χ3v) is 4.04. The summed E-state index contributed by atoms with van der Waals surface area (Å²) in [5, 5.41) is 9.04. The molecule has 0 saturated heterocycles. The van der Waals surface area contributed by atoms with Gasteiger partial charge in [0, 0.05) is 12.5 Å². The monoisotopic (exact) mass is 258 g/mol. The lowest BCUT2D eigenvalue weighted by atomic mass is 9.81. The molecule has 4 heteroatoms. The van der Waals surface area contributed by atoms with Crippen molar-refractivity contribution < 1.29 is 9.90 Å². The molecule has 19 heavy (non-hydrogen) atoms. The summed E-state index contributed by atoms with van der Waals surface area (Å²) >= 11 is 0. The number of imidazole rings is 1. The first-order chi connectivity index (χ1) is 9.10. The highest BCUT2D eigenvalue weighted by molar-refractivity contribution is 5.92. The van der Waals surface area contributed by atoms with Crippen LogP contribution in [-0.4, -0.2) is 20.6 Å². The molecule has 0 atom stereocenters. The number of hydrogen-bond donors (Lipinski definition) is 1. The van der Waals surface area contributed by atoms with Crippen LogP contribution in [0.1, 0.15) is 48.9 Å². The molecule has 1 saturated carbocycles. The van der Waals surface area contributed by atoms with E-state index in [2.05, 4.69) is 23.4 Å². The van der Waals surface area contributed by atoms with Gasteiger partial charge in [0.2, 0.25) is 0 Å². The second kappa shape index (κ2) is 4.37. The summed E-state index contributed by atoms with van der Waals surface area (Å²) in [5.41, 5.74) is 2.18. The Labute approximate surface area is 112 Å². The van der Waals surface area contributed by atoms with E-state index in [1.165, 1.54) is 12.8 Å². The maximum atomic E-state index is 11.0. The molecule has 2 aromatic rings. The van der Waals surface area contributed by atoms with Gasteiger partial charge in [-0.3, -0.25) is 0 Å². The van der Waals surface area contributed by atoms with Gasteiger partial charge >= 0.3 is 5.97 Å². The fourth-order valence-corrected chi connectivity index (χ4v) is 3.01. The fraction of sp³-hybridized carbons (Fsp3) is 0.467.